The van der Waals surface area contributed by atoms with Crippen LogP contribution in [0.5, 0.6) is 0 Å². The van der Waals surface area contributed by atoms with Gasteiger partial charge in [0, 0.05) is 49.7 Å². The van der Waals surface area contributed by atoms with Crippen LogP contribution in [0.2, 0.25) is 0 Å². The first kappa shape index (κ1) is 22.6. The zero-order chi connectivity index (χ0) is 23.0. The Balaban J connectivity index is 1.21. The summed E-state index contributed by atoms with van der Waals surface area (Å²) < 4.78 is 0. The monoisotopic (exact) mass is 442 g/mol. The largest absolute Gasteiger partial charge is 0.369 e. The standard InChI is InChI=1S/C27H30N4O2/c1-21-7-9-23(10-8-21)27(33)28-19-26(32)29-24-11-13-25(14-12-24)31-17-15-30(16-18-31)20-22-5-3-2-4-6-22/h2-14H,15-20H2,1H3,(H,28,33)(H,29,32). The molecule has 33 heavy (non-hydrogen) atoms. The average molecular weight is 443 g/mol. The molecular weight excluding hydrogens is 412 g/mol. The Morgan fingerprint density at radius 1 is 0.818 bits per heavy atom. The molecule has 1 aliphatic rings. The van der Waals surface area contributed by atoms with Crippen LogP contribution in [0.25, 0.3) is 0 Å². The topological polar surface area (TPSA) is 64.7 Å². The molecule has 0 saturated carbocycles. The van der Waals surface area contributed by atoms with Gasteiger partial charge in [-0.2, -0.15) is 0 Å². The average Bonchev–Trinajstić information content (AvgIpc) is 2.85. The van der Waals surface area contributed by atoms with Gasteiger partial charge in [0.15, 0.2) is 0 Å². The van der Waals surface area contributed by atoms with Crippen molar-refractivity contribution in [3.63, 3.8) is 0 Å². The molecule has 0 aliphatic carbocycles. The third kappa shape index (κ3) is 6.43. The van der Waals surface area contributed by atoms with Crippen molar-refractivity contribution in [3.8, 4) is 0 Å². The Labute approximate surface area is 195 Å². The lowest BCUT2D eigenvalue weighted by molar-refractivity contribution is -0.115. The molecule has 2 N–H and O–H groups in total. The molecule has 1 heterocycles. The highest BCUT2D eigenvalue weighted by Crippen LogP contribution is 2.20. The second-order valence-corrected chi connectivity index (χ2v) is 8.39. The third-order valence-electron chi connectivity index (χ3n) is 5.86. The number of hydrogen-bond acceptors (Lipinski definition) is 4. The summed E-state index contributed by atoms with van der Waals surface area (Å²) in [5.41, 5.74) is 4.85. The Kier molecular flexibility index (Phi) is 7.37. The van der Waals surface area contributed by atoms with E-state index in [1.54, 1.807) is 12.1 Å². The lowest BCUT2D eigenvalue weighted by atomic mass is 10.1. The minimum atomic E-state index is -0.257. The first-order valence-corrected chi connectivity index (χ1v) is 11.3. The summed E-state index contributed by atoms with van der Waals surface area (Å²) in [5.74, 6) is -0.510. The van der Waals surface area contributed by atoms with E-state index in [0.717, 1.165) is 49.7 Å². The van der Waals surface area contributed by atoms with Crippen LogP contribution in [0.15, 0.2) is 78.9 Å². The zero-order valence-corrected chi connectivity index (χ0v) is 19.0. The number of hydrogen-bond donors (Lipinski definition) is 2. The van der Waals surface area contributed by atoms with E-state index in [1.807, 2.05) is 43.3 Å². The summed E-state index contributed by atoms with van der Waals surface area (Å²) in [6.45, 7) is 6.87. The van der Waals surface area contributed by atoms with Crippen LogP contribution in [-0.2, 0) is 11.3 Å². The van der Waals surface area contributed by atoms with E-state index in [1.165, 1.54) is 5.56 Å². The molecule has 0 bridgehead atoms. The van der Waals surface area contributed by atoms with E-state index in [0.29, 0.717) is 5.56 Å². The normalized spacial score (nSPS) is 14.0. The molecule has 3 aromatic carbocycles. The maximum absolute atomic E-state index is 12.2. The summed E-state index contributed by atoms with van der Waals surface area (Å²) in [5, 5.41) is 5.50. The minimum absolute atomic E-state index is 0.0716. The van der Waals surface area contributed by atoms with Gasteiger partial charge in [0.2, 0.25) is 5.91 Å². The molecule has 2 amide bonds. The van der Waals surface area contributed by atoms with Crippen molar-refractivity contribution in [1.29, 1.82) is 0 Å². The highest BCUT2D eigenvalue weighted by Gasteiger charge is 2.17. The SMILES string of the molecule is Cc1ccc(C(=O)NCC(=O)Nc2ccc(N3CCN(Cc4ccccc4)CC3)cc2)cc1. The van der Waals surface area contributed by atoms with Gasteiger partial charge < -0.3 is 15.5 Å². The summed E-state index contributed by atoms with van der Waals surface area (Å²) >= 11 is 0. The highest BCUT2D eigenvalue weighted by atomic mass is 16.2. The van der Waals surface area contributed by atoms with Gasteiger partial charge in [-0.05, 0) is 48.9 Å². The van der Waals surface area contributed by atoms with Gasteiger partial charge in [-0.15, -0.1) is 0 Å². The Hall–Kier alpha value is -3.64. The number of carbonyl (C=O) groups is 2. The third-order valence-corrected chi connectivity index (χ3v) is 5.86. The predicted molar refractivity (Wildman–Crippen MR) is 133 cm³/mol. The van der Waals surface area contributed by atoms with E-state index in [2.05, 4.69) is 50.8 Å². The predicted octanol–water partition coefficient (Wildman–Crippen LogP) is 3.69. The number of piperazine rings is 1. The molecule has 1 fully saturated rings. The summed E-state index contributed by atoms with van der Waals surface area (Å²) in [6.07, 6.45) is 0. The molecule has 0 unspecified atom stereocenters. The molecule has 1 saturated heterocycles. The van der Waals surface area contributed by atoms with Crippen molar-refractivity contribution in [3.05, 3.63) is 95.6 Å². The van der Waals surface area contributed by atoms with E-state index < -0.39 is 0 Å². The maximum Gasteiger partial charge on any atom is 0.251 e. The molecule has 0 radical (unpaired) electrons. The van der Waals surface area contributed by atoms with Crippen molar-refractivity contribution in [2.24, 2.45) is 0 Å². The van der Waals surface area contributed by atoms with Crippen molar-refractivity contribution in [2.75, 3.05) is 42.9 Å². The number of benzene rings is 3. The number of nitrogens with one attached hydrogen (secondary N) is 2. The number of rotatable bonds is 7. The quantitative estimate of drug-likeness (QED) is 0.586. The summed E-state index contributed by atoms with van der Waals surface area (Å²) in [6, 6.07) is 25.7. The van der Waals surface area contributed by atoms with Crippen molar-refractivity contribution in [2.45, 2.75) is 13.5 Å². The summed E-state index contributed by atoms with van der Waals surface area (Å²) in [7, 11) is 0. The van der Waals surface area contributed by atoms with Gasteiger partial charge in [0.25, 0.3) is 5.91 Å². The Morgan fingerprint density at radius 3 is 2.15 bits per heavy atom. The number of amides is 2. The van der Waals surface area contributed by atoms with Crippen LogP contribution in [-0.4, -0.2) is 49.4 Å². The van der Waals surface area contributed by atoms with Crippen LogP contribution in [0.4, 0.5) is 11.4 Å². The van der Waals surface area contributed by atoms with Gasteiger partial charge in [-0.25, -0.2) is 0 Å². The Bertz CT molecular complexity index is 1060. The van der Waals surface area contributed by atoms with Crippen LogP contribution >= 0.6 is 0 Å². The molecule has 0 spiro atoms. The number of anilines is 2. The fraction of sp³-hybridized carbons (Fsp3) is 0.259. The van der Waals surface area contributed by atoms with Gasteiger partial charge in [0.05, 0.1) is 6.54 Å². The van der Waals surface area contributed by atoms with E-state index in [4.69, 9.17) is 0 Å². The molecular formula is C27H30N4O2. The van der Waals surface area contributed by atoms with Crippen LogP contribution in [0.1, 0.15) is 21.5 Å². The first-order chi connectivity index (χ1) is 16.1. The molecule has 3 aromatic rings. The molecule has 6 heteroatoms. The zero-order valence-electron chi connectivity index (χ0n) is 19.0. The van der Waals surface area contributed by atoms with Crippen LogP contribution in [0, 0.1) is 6.92 Å². The fourth-order valence-electron chi connectivity index (χ4n) is 3.93. The summed E-state index contributed by atoms with van der Waals surface area (Å²) in [4.78, 5) is 29.2. The second kappa shape index (κ2) is 10.8. The molecule has 4 rings (SSSR count). The molecule has 170 valence electrons. The highest BCUT2D eigenvalue weighted by molar-refractivity contribution is 5.99. The second-order valence-electron chi connectivity index (χ2n) is 8.39. The number of aryl methyl sites for hydroxylation is 1. The van der Waals surface area contributed by atoms with E-state index in [9.17, 15) is 9.59 Å². The maximum atomic E-state index is 12.2. The van der Waals surface area contributed by atoms with Crippen molar-refractivity contribution < 1.29 is 9.59 Å². The fourth-order valence-corrected chi connectivity index (χ4v) is 3.93. The van der Waals surface area contributed by atoms with E-state index in [-0.39, 0.29) is 18.4 Å². The van der Waals surface area contributed by atoms with Gasteiger partial charge in [0.1, 0.15) is 0 Å². The number of carbonyl (C=O) groups excluding carboxylic acids is 2. The van der Waals surface area contributed by atoms with Crippen LogP contribution < -0.4 is 15.5 Å². The van der Waals surface area contributed by atoms with Crippen LogP contribution in [0.3, 0.4) is 0 Å². The van der Waals surface area contributed by atoms with Crippen molar-refractivity contribution in [1.82, 2.24) is 10.2 Å². The first-order valence-electron chi connectivity index (χ1n) is 11.3. The van der Waals surface area contributed by atoms with Crippen molar-refractivity contribution >= 4 is 23.2 Å². The number of nitrogens with zero attached hydrogens (tertiary/aromatic N) is 2. The minimum Gasteiger partial charge on any atom is -0.369 e. The van der Waals surface area contributed by atoms with Gasteiger partial charge in [-0.3, -0.25) is 14.5 Å². The van der Waals surface area contributed by atoms with E-state index >= 15 is 0 Å². The smallest absolute Gasteiger partial charge is 0.251 e. The molecule has 6 nitrogen and oxygen atoms in total. The molecule has 0 atom stereocenters. The van der Waals surface area contributed by atoms with Gasteiger partial charge in [-0.1, -0.05) is 48.0 Å². The lowest BCUT2D eigenvalue weighted by Gasteiger charge is -2.36. The lowest BCUT2D eigenvalue weighted by Crippen LogP contribution is -2.45. The molecule has 1 aliphatic heterocycles. The molecule has 0 aromatic heterocycles. The van der Waals surface area contributed by atoms with Gasteiger partial charge >= 0.3 is 0 Å². The Morgan fingerprint density at radius 2 is 1.48 bits per heavy atom.